The van der Waals surface area contributed by atoms with E-state index in [4.69, 9.17) is 5.73 Å². The number of nitrogens with one attached hydrogen (secondary N) is 1. The number of nitrogens with two attached hydrogens (primary N) is 1. The van der Waals surface area contributed by atoms with Crippen molar-refractivity contribution in [3.05, 3.63) is 18.2 Å². The van der Waals surface area contributed by atoms with E-state index in [1.54, 1.807) is 6.20 Å². The summed E-state index contributed by atoms with van der Waals surface area (Å²) in [6, 6.07) is 0.341. The van der Waals surface area contributed by atoms with Crippen molar-refractivity contribution in [2.24, 2.45) is 23.5 Å². The van der Waals surface area contributed by atoms with Gasteiger partial charge < -0.3 is 15.6 Å². The van der Waals surface area contributed by atoms with Crippen LogP contribution in [0.4, 0.5) is 0 Å². The van der Waals surface area contributed by atoms with Crippen molar-refractivity contribution in [2.45, 2.75) is 44.7 Å². The first-order valence-corrected chi connectivity index (χ1v) is 9.45. The van der Waals surface area contributed by atoms with E-state index in [0.717, 1.165) is 51.4 Å². The molecule has 3 aliphatic rings. The maximum Gasteiger partial charge on any atom is 0.225 e. The number of fused-ring (bicyclic) bond motifs is 2. The summed E-state index contributed by atoms with van der Waals surface area (Å²) in [5, 5.41) is 0. The molecule has 1 saturated heterocycles. The van der Waals surface area contributed by atoms with Crippen molar-refractivity contribution in [3.63, 3.8) is 0 Å². The second-order valence-corrected chi connectivity index (χ2v) is 7.83. The number of amides is 1. The van der Waals surface area contributed by atoms with Gasteiger partial charge >= 0.3 is 0 Å². The summed E-state index contributed by atoms with van der Waals surface area (Å²) in [5.74, 6) is 2.76. The van der Waals surface area contributed by atoms with E-state index in [1.807, 2.05) is 6.20 Å². The van der Waals surface area contributed by atoms with Gasteiger partial charge in [0.15, 0.2) is 0 Å². The number of aromatic nitrogens is 2. The van der Waals surface area contributed by atoms with E-state index in [1.165, 1.54) is 19.3 Å². The van der Waals surface area contributed by atoms with Crippen molar-refractivity contribution >= 4 is 43.1 Å². The quantitative estimate of drug-likeness (QED) is 0.757. The molecular formula is C18H32Cl3N5O. The number of H-pyrrole nitrogens is 1. The number of nitrogens with zero attached hydrogens (tertiary/aromatic N) is 3. The van der Waals surface area contributed by atoms with E-state index >= 15 is 0 Å². The standard InChI is InChI=1S/C18H29N5O.3ClH/c19-17-13-2-1-3-14(17)11-15(10-13)18(24)23-8-6-22(7-9-23)12-16-20-4-5-21-16;;;/h4-5,13-15,17H,1-3,6-12,19H2,(H,20,21);3*1H. The third kappa shape index (κ3) is 5.51. The fraction of sp³-hybridized carbons (Fsp3) is 0.778. The number of halogens is 3. The van der Waals surface area contributed by atoms with Gasteiger partial charge in [-0.15, -0.1) is 37.2 Å². The molecule has 4 rings (SSSR count). The Hall–Kier alpha value is -0.530. The molecule has 2 atom stereocenters. The summed E-state index contributed by atoms with van der Waals surface area (Å²) in [7, 11) is 0. The fourth-order valence-electron chi connectivity index (χ4n) is 4.97. The molecule has 2 unspecified atom stereocenters. The monoisotopic (exact) mass is 439 g/mol. The van der Waals surface area contributed by atoms with Crippen LogP contribution in [0.5, 0.6) is 0 Å². The Morgan fingerprint density at radius 3 is 2.30 bits per heavy atom. The molecule has 2 heterocycles. The van der Waals surface area contributed by atoms with E-state index in [9.17, 15) is 4.79 Å². The van der Waals surface area contributed by atoms with Crippen molar-refractivity contribution in [1.29, 1.82) is 0 Å². The predicted molar refractivity (Wildman–Crippen MR) is 114 cm³/mol. The molecule has 1 aromatic heterocycles. The van der Waals surface area contributed by atoms with Gasteiger partial charge in [-0.05, 0) is 37.5 Å². The van der Waals surface area contributed by atoms with Crippen LogP contribution in [0.2, 0.25) is 0 Å². The summed E-state index contributed by atoms with van der Waals surface area (Å²) < 4.78 is 0. The van der Waals surface area contributed by atoms with Gasteiger partial charge in [0.2, 0.25) is 5.91 Å². The third-order valence-electron chi connectivity index (χ3n) is 6.37. The van der Waals surface area contributed by atoms with Crippen LogP contribution in [-0.4, -0.2) is 57.9 Å². The first kappa shape index (κ1) is 24.5. The lowest BCUT2D eigenvalue weighted by molar-refractivity contribution is -0.140. The van der Waals surface area contributed by atoms with Crippen LogP contribution in [0.3, 0.4) is 0 Å². The number of aromatic amines is 1. The molecule has 3 N–H and O–H groups in total. The lowest BCUT2D eigenvalue weighted by Crippen LogP contribution is -2.53. The Kier molecular flexibility index (Phi) is 9.86. The average molecular weight is 441 g/mol. The molecule has 156 valence electrons. The molecule has 1 amide bonds. The first-order valence-electron chi connectivity index (χ1n) is 9.45. The third-order valence-corrected chi connectivity index (χ3v) is 6.37. The van der Waals surface area contributed by atoms with E-state index in [-0.39, 0.29) is 43.1 Å². The number of hydrogen-bond acceptors (Lipinski definition) is 4. The van der Waals surface area contributed by atoms with Crippen LogP contribution in [-0.2, 0) is 11.3 Å². The largest absolute Gasteiger partial charge is 0.348 e. The molecule has 0 aromatic carbocycles. The van der Waals surface area contributed by atoms with Crippen molar-refractivity contribution in [3.8, 4) is 0 Å². The van der Waals surface area contributed by atoms with Crippen LogP contribution in [0.25, 0.3) is 0 Å². The molecule has 2 saturated carbocycles. The lowest BCUT2D eigenvalue weighted by Gasteiger charge is -2.45. The van der Waals surface area contributed by atoms with Crippen LogP contribution < -0.4 is 5.73 Å². The van der Waals surface area contributed by atoms with Gasteiger partial charge in [0.1, 0.15) is 5.82 Å². The molecule has 2 aliphatic carbocycles. The van der Waals surface area contributed by atoms with E-state index in [0.29, 0.717) is 23.8 Å². The van der Waals surface area contributed by atoms with Crippen molar-refractivity contribution in [1.82, 2.24) is 19.8 Å². The van der Waals surface area contributed by atoms with Crippen LogP contribution in [0.1, 0.15) is 37.9 Å². The second kappa shape index (κ2) is 10.9. The van der Waals surface area contributed by atoms with E-state index in [2.05, 4.69) is 19.8 Å². The predicted octanol–water partition coefficient (Wildman–Crippen LogP) is 2.47. The number of imidazole rings is 1. The molecule has 1 aromatic rings. The summed E-state index contributed by atoms with van der Waals surface area (Å²) in [4.78, 5) is 24.9. The highest BCUT2D eigenvalue weighted by molar-refractivity contribution is 5.86. The number of piperazine rings is 1. The highest BCUT2D eigenvalue weighted by atomic mass is 35.5. The van der Waals surface area contributed by atoms with Gasteiger partial charge in [0.25, 0.3) is 0 Å². The fourth-order valence-corrected chi connectivity index (χ4v) is 4.97. The molecule has 9 heteroatoms. The Morgan fingerprint density at radius 1 is 1.11 bits per heavy atom. The Bertz CT molecular complexity index is 551. The minimum Gasteiger partial charge on any atom is -0.348 e. The van der Waals surface area contributed by atoms with Gasteiger partial charge in [-0.2, -0.15) is 0 Å². The Labute approximate surface area is 180 Å². The molecule has 0 spiro atoms. The van der Waals surface area contributed by atoms with Crippen molar-refractivity contribution in [2.75, 3.05) is 26.2 Å². The summed E-state index contributed by atoms with van der Waals surface area (Å²) in [5.41, 5.74) is 6.37. The van der Waals surface area contributed by atoms with Gasteiger partial charge in [0, 0.05) is 50.5 Å². The van der Waals surface area contributed by atoms with Gasteiger partial charge in [-0.1, -0.05) is 6.42 Å². The molecule has 27 heavy (non-hydrogen) atoms. The zero-order valence-corrected chi connectivity index (χ0v) is 18.0. The van der Waals surface area contributed by atoms with Gasteiger partial charge in [-0.25, -0.2) is 4.98 Å². The summed E-state index contributed by atoms with van der Waals surface area (Å²) >= 11 is 0. The Morgan fingerprint density at radius 2 is 1.74 bits per heavy atom. The molecular weight excluding hydrogens is 409 g/mol. The number of rotatable bonds is 3. The zero-order valence-electron chi connectivity index (χ0n) is 15.6. The van der Waals surface area contributed by atoms with Crippen LogP contribution in [0, 0.1) is 17.8 Å². The smallest absolute Gasteiger partial charge is 0.225 e. The number of carbonyl (C=O) groups excluding carboxylic acids is 1. The summed E-state index contributed by atoms with van der Waals surface area (Å²) in [6.07, 6.45) is 9.43. The lowest BCUT2D eigenvalue weighted by atomic mass is 9.65. The van der Waals surface area contributed by atoms with Crippen LogP contribution >= 0.6 is 37.2 Å². The second-order valence-electron chi connectivity index (χ2n) is 7.83. The minimum atomic E-state index is 0. The topological polar surface area (TPSA) is 78.2 Å². The Balaban J connectivity index is 0.00000121. The first-order chi connectivity index (χ1) is 11.7. The maximum atomic E-state index is 13.0. The highest BCUT2D eigenvalue weighted by Crippen LogP contribution is 2.42. The SMILES string of the molecule is Cl.Cl.Cl.NC1C2CCCC1CC(C(=O)N1CCN(Cc3ncc[nH]3)CC1)C2. The van der Waals surface area contributed by atoms with E-state index < -0.39 is 0 Å². The van der Waals surface area contributed by atoms with Gasteiger partial charge in [-0.3, -0.25) is 9.69 Å². The minimum absolute atomic E-state index is 0. The number of hydrogen-bond donors (Lipinski definition) is 2. The van der Waals surface area contributed by atoms with Gasteiger partial charge in [0.05, 0.1) is 6.54 Å². The molecule has 0 radical (unpaired) electrons. The molecule has 3 fully saturated rings. The summed E-state index contributed by atoms with van der Waals surface area (Å²) in [6.45, 7) is 4.41. The highest BCUT2D eigenvalue weighted by Gasteiger charge is 2.41. The average Bonchev–Trinajstić information content (AvgIpc) is 3.08. The normalized spacial score (nSPS) is 30.5. The van der Waals surface area contributed by atoms with Crippen molar-refractivity contribution < 1.29 is 4.79 Å². The maximum absolute atomic E-state index is 13.0. The van der Waals surface area contributed by atoms with Crippen LogP contribution in [0.15, 0.2) is 12.4 Å². The zero-order chi connectivity index (χ0) is 16.5. The molecule has 2 bridgehead atoms. The molecule has 1 aliphatic heterocycles. The number of carbonyl (C=O) groups is 1. The molecule has 6 nitrogen and oxygen atoms in total.